The third kappa shape index (κ3) is 6.01. The predicted molar refractivity (Wildman–Crippen MR) is 140 cm³/mol. The van der Waals surface area contributed by atoms with E-state index in [0.717, 1.165) is 30.1 Å². The van der Waals surface area contributed by atoms with Crippen molar-refractivity contribution in [3.8, 4) is 0 Å². The van der Waals surface area contributed by atoms with Crippen LogP contribution in [0.2, 0.25) is 0 Å². The van der Waals surface area contributed by atoms with Gasteiger partial charge in [0.15, 0.2) is 0 Å². The molecule has 0 heterocycles. The van der Waals surface area contributed by atoms with Crippen molar-refractivity contribution < 1.29 is 9.53 Å². The number of esters is 1. The van der Waals surface area contributed by atoms with E-state index < -0.39 is 7.92 Å². The van der Waals surface area contributed by atoms with Gasteiger partial charge < -0.3 is 4.74 Å². The van der Waals surface area contributed by atoms with Crippen LogP contribution in [0.25, 0.3) is 0 Å². The average molecular weight is 457 g/mol. The molecule has 1 atom stereocenters. The van der Waals surface area contributed by atoms with Gasteiger partial charge in [0.25, 0.3) is 0 Å². The molecule has 0 amide bonds. The number of carbonyl (C=O) groups excluding carboxylic acids is 1. The molecule has 2 nitrogen and oxygen atoms in total. The second-order valence-corrected chi connectivity index (χ2v) is 11.2. The molecule has 1 aliphatic carbocycles. The summed E-state index contributed by atoms with van der Waals surface area (Å²) >= 11 is 0. The van der Waals surface area contributed by atoms with Crippen LogP contribution in [-0.2, 0) is 4.74 Å². The molecule has 3 heteroatoms. The largest absolute Gasteiger partial charge is 0.458 e. The van der Waals surface area contributed by atoms with E-state index in [-0.39, 0.29) is 12.1 Å². The first-order chi connectivity index (χ1) is 16.1. The molecule has 0 radical (unpaired) electrons. The molecule has 4 rings (SSSR count). The fourth-order valence-electron chi connectivity index (χ4n) is 4.78. The summed E-state index contributed by atoms with van der Waals surface area (Å²) in [4.78, 5) is 13.6. The Morgan fingerprint density at radius 2 is 1.42 bits per heavy atom. The zero-order valence-electron chi connectivity index (χ0n) is 19.5. The number of rotatable bonds is 8. The lowest BCUT2D eigenvalue weighted by molar-refractivity contribution is 0.00813. The van der Waals surface area contributed by atoms with Gasteiger partial charge in [-0.1, -0.05) is 104 Å². The van der Waals surface area contributed by atoms with Crippen LogP contribution in [0, 0.1) is 5.92 Å². The van der Waals surface area contributed by atoms with Gasteiger partial charge in [-0.2, -0.15) is 0 Å². The van der Waals surface area contributed by atoms with Crippen LogP contribution in [0.15, 0.2) is 97.1 Å². The molecule has 0 aliphatic heterocycles. The minimum absolute atomic E-state index is 0.0944. The van der Waals surface area contributed by atoms with E-state index >= 15 is 0 Å². The maximum absolute atomic E-state index is 13.6. The molecule has 3 aromatic carbocycles. The summed E-state index contributed by atoms with van der Waals surface area (Å²) in [5.74, 6) is 0.220. The van der Waals surface area contributed by atoms with Crippen LogP contribution in [0.3, 0.4) is 0 Å². The van der Waals surface area contributed by atoms with E-state index in [9.17, 15) is 4.79 Å². The lowest BCUT2D eigenvalue weighted by atomic mass is 9.83. The molecule has 3 aromatic rings. The Kier molecular flexibility index (Phi) is 8.13. The SMILES string of the molecule is C=C(C)CC(OC(=O)c1ccccc1P(c1ccccc1)c1ccccc1)C1CCCCC1. The smallest absolute Gasteiger partial charge is 0.339 e. The van der Waals surface area contributed by atoms with Gasteiger partial charge in [0.1, 0.15) is 6.10 Å². The normalized spacial score (nSPS) is 15.2. The Hall–Kier alpha value is -2.70. The van der Waals surface area contributed by atoms with Crippen molar-refractivity contribution in [3.05, 3.63) is 103 Å². The number of hydrogen-bond donors (Lipinski definition) is 0. The molecule has 0 spiro atoms. The third-order valence-corrected chi connectivity index (χ3v) is 8.88. The number of hydrogen-bond acceptors (Lipinski definition) is 2. The van der Waals surface area contributed by atoms with Crippen LogP contribution < -0.4 is 15.9 Å². The summed E-state index contributed by atoms with van der Waals surface area (Å²) in [5.41, 5.74) is 1.75. The van der Waals surface area contributed by atoms with Crippen molar-refractivity contribution in [1.82, 2.24) is 0 Å². The summed E-state index contributed by atoms with van der Waals surface area (Å²) in [7, 11) is -0.874. The highest BCUT2D eigenvalue weighted by Crippen LogP contribution is 2.35. The molecule has 0 bridgehead atoms. The van der Waals surface area contributed by atoms with Crippen LogP contribution in [0.4, 0.5) is 0 Å². The third-order valence-electron chi connectivity index (χ3n) is 6.38. The van der Waals surface area contributed by atoms with Crippen molar-refractivity contribution in [1.29, 1.82) is 0 Å². The lowest BCUT2D eigenvalue weighted by Crippen LogP contribution is -2.32. The monoisotopic (exact) mass is 456 g/mol. The first-order valence-corrected chi connectivity index (χ1v) is 13.3. The van der Waals surface area contributed by atoms with E-state index in [1.54, 1.807) is 0 Å². The summed E-state index contributed by atoms with van der Waals surface area (Å²) < 4.78 is 6.26. The van der Waals surface area contributed by atoms with Gasteiger partial charge in [-0.15, -0.1) is 6.58 Å². The lowest BCUT2D eigenvalue weighted by Gasteiger charge is -2.30. The average Bonchev–Trinajstić information content (AvgIpc) is 2.86. The molecule has 1 aliphatic rings. The minimum atomic E-state index is -0.874. The zero-order chi connectivity index (χ0) is 23.0. The van der Waals surface area contributed by atoms with Gasteiger partial charge in [0.2, 0.25) is 0 Å². The summed E-state index contributed by atoms with van der Waals surface area (Å²) in [5, 5.41) is 3.50. The molecule has 0 saturated heterocycles. The summed E-state index contributed by atoms with van der Waals surface area (Å²) in [6, 6.07) is 29.0. The Morgan fingerprint density at radius 1 is 0.879 bits per heavy atom. The molecular formula is C30H33O2P. The standard InChI is InChI=1S/C30H33O2P/c1-23(2)22-28(24-14-6-3-7-15-24)32-30(31)27-20-12-13-21-29(27)33(25-16-8-4-9-17-25)26-18-10-5-11-19-26/h4-5,8-13,16-21,24,28H,1,3,6-7,14-15,22H2,2H3. The van der Waals surface area contributed by atoms with Gasteiger partial charge in [-0.05, 0) is 55.6 Å². The molecule has 33 heavy (non-hydrogen) atoms. The van der Waals surface area contributed by atoms with Gasteiger partial charge in [-0.25, -0.2) is 4.79 Å². The van der Waals surface area contributed by atoms with Gasteiger partial charge >= 0.3 is 5.97 Å². The molecule has 1 fully saturated rings. The molecule has 0 N–H and O–H groups in total. The van der Waals surface area contributed by atoms with E-state index in [2.05, 4.69) is 61.2 Å². The predicted octanol–water partition coefficient (Wildman–Crippen LogP) is 6.52. The quantitative estimate of drug-likeness (QED) is 0.219. The van der Waals surface area contributed by atoms with Crippen LogP contribution in [-0.4, -0.2) is 12.1 Å². The highest BCUT2D eigenvalue weighted by atomic mass is 31.1. The number of benzene rings is 3. The molecule has 0 aromatic heterocycles. The molecule has 1 saturated carbocycles. The molecule has 1 unspecified atom stereocenters. The Balaban J connectivity index is 1.69. The number of carbonyl (C=O) groups is 1. The highest BCUT2D eigenvalue weighted by Gasteiger charge is 2.29. The number of ether oxygens (including phenoxy) is 1. The van der Waals surface area contributed by atoms with E-state index in [4.69, 9.17) is 4.74 Å². The first-order valence-electron chi connectivity index (χ1n) is 12.0. The minimum Gasteiger partial charge on any atom is -0.458 e. The Bertz CT molecular complexity index is 1020. The van der Waals surface area contributed by atoms with E-state index in [1.165, 1.54) is 29.9 Å². The summed E-state index contributed by atoms with van der Waals surface area (Å²) in [6.45, 7) is 6.14. The second-order valence-electron chi connectivity index (χ2n) is 9.03. The van der Waals surface area contributed by atoms with Crippen molar-refractivity contribution >= 4 is 29.8 Å². The van der Waals surface area contributed by atoms with Crippen molar-refractivity contribution in [2.24, 2.45) is 5.92 Å². The Morgan fingerprint density at radius 3 is 2.00 bits per heavy atom. The van der Waals surface area contributed by atoms with E-state index in [0.29, 0.717) is 11.5 Å². The van der Waals surface area contributed by atoms with Crippen LogP contribution in [0.1, 0.15) is 55.8 Å². The van der Waals surface area contributed by atoms with Gasteiger partial charge in [0, 0.05) is 6.42 Å². The van der Waals surface area contributed by atoms with Crippen molar-refractivity contribution in [2.45, 2.75) is 51.6 Å². The Labute approximate surface area is 199 Å². The topological polar surface area (TPSA) is 26.3 Å². The zero-order valence-corrected chi connectivity index (χ0v) is 20.3. The van der Waals surface area contributed by atoms with Crippen molar-refractivity contribution in [3.63, 3.8) is 0 Å². The molecular weight excluding hydrogens is 423 g/mol. The summed E-state index contributed by atoms with van der Waals surface area (Å²) in [6.07, 6.45) is 6.64. The fourth-order valence-corrected chi connectivity index (χ4v) is 7.21. The van der Waals surface area contributed by atoms with Gasteiger partial charge in [0.05, 0.1) is 5.56 Å². The van der Waals surface area contributed by atoms with Crippen molar-refractivity contribution in [2.75, 3.05) is 0 Å². The highest BCUT2D eigenvalue weighted by molar-refractivity contribution is 7.80. The molecule has 170 valence electrons. The van der Waals surface area contributed by atoms with Gasteiger partial charge in [-0.3, -0.25) is 0 Å². The first kappa shape index (κ1) is 23.5. The second kappa shape index (κ2) is 11.4. The van der Waals surface area contributed by atoms with Crippen LogP contribution >= 0.6 is 7.92 Å². The van der Waals surface area contributed by atoms with E-state index in [1.807, 2.05) is 37.3 Å². The van der Waals surface area contributed by atoms with Crippen LogP contribution in [0.5, 0.6) is 0 Å². The fraction of sp³-hybridized carbons (Fsp3) is 0.300. The maximum Gasteiger partial charge on any atom is 0.339 e. The maximum atomic E-state index is 13.6.